The smallest absolute Gasteiger partial charge is 0.266 e. The molecule has 28 heavy (non-hydrogen) atoms. The van der Waals surface area contributed by atoms with Gasteiger partial charge in [-0.2, -0.15) is 5.26 Å². The predicted molar refractivity (Wildman–Crippen MR) is 110 cm³/mol. The number of rotatable bonds is 4. The monoisotopic (exact) mass is 364 g/mol. The van der Waals surface area contributed by atoms with Crippen LogP contribution >= 0.6 is 0 Å². The van der Waals surface area contributed by atoms with Crippen molar-refractivity contribution in [1.82, 2.24) is 0 Å². The molecule has 0 atom stereocenters. The molecule has 0 spiro atoms. The summed E-state index contributed by atoms with van der Waals surface area (Å²) in [6, 6.07) is 28.6. The highest BCUT2D eigenvalue weighted by Crippen LogP contribution is 2.25. The van der Waals surface area contributed by atoms with Gasteiger partial charge in [0, 0.05) is 22.7 Å². The first kappa shape index (κ1) is 17.3. The van der Waals surface area contributed by atoms with E-state index in [2.05, 4.69) is 5.32 Å². The van der Waals surface area contributed by atoms with E-state index in [1.807, 2.05) is 84.9 Å². The van der Waals surface area contributed by atoms with Gasteiger partial charge in [0.15, 0.2) is 0 Å². The summed E-state index contributed by atoms with van der Waals surface area (Å²) in [5.74, 6) is 0.651. The molecule has 0 bridgehead atoms. The van der Waals surface area contributed by atoms with Crippen LogP contribution in [0, 0.1) is 11.3 Å². The second-order valence-electron chi connectivity index (χ2n) is 6.22. The van der Waals surface area contributed by atoms with Crippen molar-refractivity contribution in [1.29, 1.82) is 5.26 Å². The van der Waals surface area contributed by atoms with E-state index >= 15 is 0 Å². The average molecular weight is 364 g/mol. The molecule has 0 unspecified atom stereocenters. The van der Waals surface area contributed by atoms with E-state index in [4.69, 9.17) is 4.42 Å². The summed E-state index contributed by atoms with van der Waals surface area (Å²) in [5.41, 5.74) is 1.57. The quantitative estimate of drug-likeness (QED) is 0.376. The van der Waals surface area contributed by atoms with E-state index in [9.17, 15) is 10.1 Å². The van der Waals surface area contributed by atoms with Crippen molar-refractivity contribution in [2.24, 2.45) is 0 Å². The minimum Gasteiger partial charge on any atom is -0.457 e. The number of nitrogens with one attached hydrogen (secondary N) is 1. The zero-order valence-corrected chi connectivity index (χ0v) is 14.9. The zero-order valence-electron chi connectivity index (χ0n) is 14.9. The third-order valence-electron chi connectivity index (χ3n) is 4.37. The van der Waals surface area contributed by atoms with Gasteiger partial charge in [-0.3, -0.25) is 4.79 Å². The molecule has 0 aliphatic rings. The molecule has 1 N–H and O–H groups in total. The lowest BCUT2D eigenvalue weighted by molar-refractivity contribution is -0.112. The highest BCUT2D eigenvalue weighted by molar-refractivity contribution is 6.12. The van der Waals surface area contributed by atoms with Gasteiger partial charge in [0.05, 0.1) is 0 Å². The van der Waals surface area contributed by atoms with Crippen LogP contribution < -0.4 is 5.32 Å². The third kappa shape index (κ3) is 3.55. The van der Waals surface area contributed by atoms with Crippen LogP contribution in [0.3, 0.4) is 0 Å². The number of fused-ring (bicyclic) bond motifs is 1. The number of carbonyl (C=O) groups excluding carboxylic acids is 1. The second-order valence-corrected chi connectivity index (χ2v) is 6.22. The fraction of sp³-hybridized carbons (Fsp3) is 0. The summed E-state index contributed by atoms with van der Waals surface area (Å²) in [6.45, 7) is 0. The van der Waals surface area contributed by atoms with Crippen molar-refractivity contribution in [3.63, 3.8) is 0 Å². The molecule has 4 aromatic rings. The van der Waals surface area contributed by atoms with Crippen molar-refractivity contribution >= 4 is 28.4 Å². The maximum atomic E-state index is 12.6. The SMILES string of the molecule is N#C/C(=C\c1ccc(-c2ccccc2)o1)C(=O)Nc1cccc2ccccc12. The number of benzene rings is 3. The second kappa shape index (κ2) is 7.65. The molecule has 1 amide bonds. The molecule has 0 aliphatic carbocycles. The fourth-order valence-electron chi connectivity index (χ4n) is 3.00. The number of furan rings is 1. The van der Waals surface area contributed by atoms with Gasteiger partial charge in [-0.15, -0.1) is 0 Å². The largest absolute Gasteiger partial charge is 0.457 e. The normalized spacial score (nSPS) is 11.2. The van der Waals surface area contributed by atoms with Crippen LogP contribution in [0.1, 0.15) is 5.76 Å². The number of hydrogen-bond acceptors (Lipinski definition) is 3. The van der Waals surface area contributed by atoms with Gasteiger partial charge in [0.2, 0.25) is 0 Å². The van der Waals surface area contributed by atoms with Crippen LogP contribution in [-0.2, 0) is 4.79 Å². The van der Waals surface area contributed by atoms with E-state index in [1.54, 1.807) is 6.07 Å². The Labute approximate surface area is 162 Å². The molecular formula is C24H16N2O2. The van der Waals surface area contributed by atoms with E-state index in [-0.39, 0.29) is 5.57 Å². The number of nitrogens with zero attached hydrogens (tertiary/aromatic N) is 1. The Kier molecular flexibility index (Phi) is 4.73. The number of nitriles is 1. The Hall–Kier alpha value is -4.10. The Bertz CT molecular complexity index is 1210. The maximum absolute atomic E-state index is 12.6. The molecule has 0 fully saturated rings. The van der Waals surface area contributed by atoms with Crippen LogP contribution in [0.4, 0.5) is 5.69 Å². The standard InChI is InChI=1S/C24H16N2O2/c25-16-19(15-20-13-14-23(28-20)18-8-2-1-3-9-18)24(27)26-22-12-6-10-17-7-4-5-11-21(17)22/h1-15H,(H,26,27)/b19-15+. The molecule has 134 valence electrons. The summed E-state index contributed by atoms with van der Waals surface area (Å²) in [5, 5.41) is 14.2. The lowest BCUT2D eigenvalue weighted by Gasteiger charge is -2.08. The van der Waals surface area contributed by atoms with Gasteiger partial charge in [0.1, 0.15) is 23.2 Å². The first-order valence-electron chi connectivity index (χ1n) is 8.81. The van der Waals surface area contributed by atoms with Crippen molar-refractivity contribution in [2.75, 3.05) is 5.32 Å². The number of anilines is 1. The highest BCUT2D eigenvalue weighted by Gasteiger charge is 2.12. The molecule has 4 rings (SSSR count). The molecule has 1 aromatic heterocycles. The molecule has 0 radical (unpaired) electrons. The maximum Gasteiger partial charge on any atom is 0.266 e. The Morgan fingerprint density at radius 2 is 1.64 bits per heavy atom. The Morgan fingerprint density at radius 3 is 2.46 bits per heavy atom. The van der Waals surface area contributed by atoms with Gasteiger partial charge < -0.3 is 9.73 Å². The molecule has 3 aromatic carbocycles. The van der Waals surface area contributed by atoms with Gasteiger partial charge in [-0.1, -0.05) is 66.7 Å². The minimum absolute atomic E-state index is 0.0260. The van der Waals surface area contributed by atoms with Crippen LogP contribution in [0.5, 0.6) is 0 Å². The van der Waals surface area contributed by atoms with Gasteiger partial charge >= 0.3 is 0 Å². The Balaban J connectivity index is 1.59. The van der Waals surface area contributed by atoms with E-state index in [0.717, 1.165) is 16.3 Å². The average Bonchev–Trinajstić information content (AvgIpc) is 3.21. The summed E-state index contributed by atoms with van der Waals surface area (Å²) in [6.07, 6.45) is 1.45. The van der Waals surface area contributed by atoms with Gasteiger partial charge in [-0.25, -0.2) is 0 Å². The van der Waals surface area contributed by atoms with Crippen LogP contribution in [0.25, 0.3) is 28.2 Å². The lowest BCUT2D eigenvalue weighted by Crippen LogP contribution is -2.13. The van der Waals surface area contributed by atoms with E-state index in [1.165, 1.54) is 6.08 Å². The van der Waals surface area contributed by atoms with Gasteiger partial charge in [0.25, 0.3) is 5.91 Å². The number of hydrogen-bond donors (Lipinski definition) is 1. The first-order chi connectivity index (χ1) is 13.7. The molecule has 0 saturated carbocycles. The molecular weight excluding hydrogens is 348 g/mol. The summed E-state index contributed by atoms with van der Waals surface area (Å²) in [4.78, 5) is 12.6. The van der Waals surface area contributed by atoms with Crippen LogP contribution in [0.15, 0.2) is 94.9 Å². The molecule has 4 nitrogen and oxygen atoms in total. The van der Waals surface area contributed by atoms with Crippen LogP contribution in [0.2, 0.25) is 0 Å². The van der Waals surface area contributed by atoms with Gasteiger partial charge in [-0.05, 0) is 23.6 Å². The predicted octanol–water partition coefficient (Wildman–Crippen LogP) is 5.65. The molecule has 1 heterocycles. The molecule has 0 saturated heterocycles. The van der Waals surface area contributed by atoms with Crippen molar-refractivity contribution in [3.8, 4) is 17.4 Å². The zero-order chi connectivity index (χ0) is 19.3. The molecule has 4 heteroatoms. The number of carbonyl (C=O) groups is 1. The van der Waals surface area contributed by atoms with Crippen molar-refractivity contribution in [3.05, 3.63) is 96.3 Å². The van der Waals surface area contributed by atoms with Crippen molar-refractivity contribution in [2.45, 2.75) is 0 Å². The summed E-state index contributed by atoms with van der Waals surface area (Å²) < 4.78 is 5.77. The summed E-state index contributed by atoms with van der Waals surface area (Å²) in [7, 11) is 0. The topological polar surface area (TPSA) is 66.0 Å². The lowest BCUT2D eigenvalue weighted by atomic mass is 10.1. The molecule has 0 aliphatic heterocycles. The highest BCUT2D eigenvalue weighted by atomic mass is 16.3. The number of amides is 1. The Morgan fingerprint density at radius 1 is 0.893 bits per heavy atom. The first-order valence-corrected chi connectivity index (χ1v) is 8.81. The van der Waals surface area contributed by atoms with E-state index in [0.29, 0.717) is 17.2 Å². The van der Waals surface area contributed by atoms with Crippen LogP contribution in [-0.4, -0.2) is 5.91 Å². The van der Waals surface area contributed by atoms with Crippen molar-refractivity contribution < 1.29 is 9.21 Å². The van der Waals surface area contributed by atoms with E-state index < -0.39 is 5.91 Å². The fourth-order valence-corrected chi connectivity index (χ4v) is 3.00. The minimum atomic E-state index is -0.475. The summed E-state index contributed by atoms with van der Waals surface area (Å²) >= 11 is 0. The third-order valence-corrected chi connectivity index (χ3v) is 4.37.